The minimum atomic E-state index is -5.13. The Bertz CT molecular complexity index is 1330. The largest absolute Gasteiger partial charge is 0.472 e. The second kappa shape index (κ2) is 38.8. The summed E-state index contributed by atoms with van der Waals surface area (Å²) in [5.74, 6) is -1.17. The maximum absolute atomic E-state index is 12.8. The summed E-state index contributed by atoms with van der Waals surface area (Å²) in [6, 6.07) is 0. The average Bonchev–Trinajstić information content (AvgIpc) is 3.26. The number of phosphoric acid groups is 1. The number of unbranched alkanes of at least 4 members (excludes halogenated alkanes) is 17. The third-order valence-corrected chi connectivity index (χ3v) is 11.8. The van der Waals surface area contributed by atoms with E-state index in [1.165, 1.54) is 70.6 Å². The van der Waals surface area contributed by atoms with Gasteiger partial charge in [-0.2, -0.15) is 0 Å². The van der Waals surface area contributed by atoms with E-state index in [2.05, 4.69) is 62.5 Å². The highest BCUT2D eigenvalue weighted by atomic mass is 31.2. The number of rotatable bonds is 39. The minimum absolute atomic E-state index is 0.0781. The molecule has 0 aromatic carbocycles. The van der Waals surface area contributed by atoms with Gasteiger partial charge in [0.15, 0.2) is 6.10 Å². The van der Waals surface area contributed by atoms with Crippen LogP contribution in [0.4, 0.5) is 0 Å². The lowest BCUT2D eigenvalue weighted by Gasteiger charge is -2.41. The van der Waals surface area contributed by atoms with Crippen LogP contribution in [-0.4, -0.2) is 98.3 Å². The van der Waals surface area contributed by atoms with Crippen LogP contribution in [0.1, 0.15) is 181 Å². The fourth-order valence-electron chi connectivity index (χ4n) is 6.92. The van der Waals surface area contributed by atoms with Gasteiger partial charge in [-0.1, -0.05) is 152 Å². The highest BCUT2D eigenvalue weighted by Crippen LogP contribution is 2.47. The summed E-state index contributed by atoms with van der Waals surface area (Å²) in [7, 11) is -5.13. The lowest BCUT2D eigenvalue weighted by atomic mass is 9.85. The number of hydrogen-bond acceptors (Lipinski definition) is 12. The second-order valence-electron chi connectivity index (χ2n) is 16.6. The maximum Gasteiger partial charge on any atom is 0.472 e. The summed E-state index contributed by atoms with van der Waals surface area (Å²) in [6.45, 7) is 3.22. The highest BCUT2D eigenvalue weighted by molar-refractivity contribution is 7.47. The van der Waals surface area contributed by atoms with Gasteiger partial charge in [0.25, 0.3) is 0 Å². The Labute approximate surface area is 379 Å². The summed E-state index contributed by atoms with van der Waals surface area (Å²) < 4.78 is 33.5. The molecule has 0 heterocycles. The molecule has 0 radical (unpaired) electrons. The molecule has 0 spiro atoms. The van der Waals surface area contributed by atoms with Crippen molar-refractivity contribution in [1.29, 1.82) is 0 Å². The quantitative estimate of drug-likeness (QED) is 0.0147. The Morgan fingerprint density at radius 2 is 0.873 bits per heavy atom. The van der Waals surface area contributed by atoms with Gasteiger partial charge < -0.3 is 39.9 Å². The van der Waals surface area contributed by atoms with E-state index in [0.717, 1.165) is 64.2 Å². The number of ether oxygens (including phenoxy) is 2. The van der Waals surface area contributed by atoms with Crippen LogP contribution in [0.5, 0.6) is 0 Å². The first-order valence-corrected chi connectivity index (χ1v) is 25.6. The highest BCUT2D eigenvalue weighted by Gasteiger charge is 2.51. The predicted octanol–water partition coefficient (Wildman–Crippen LogP) is 9.73. The molecule has 0 saturated heterocycles. The first kappa shape index (κ1) is 58.6. The number of aliphatic hydroxyl groups excluding tert-OH is 5. The fraction of sp³-hybridized carbons (Fsp3) is 0.755. The fourth-order valence-corrected chi connectivity index (χ4v) is 7.89. The van der Waals surface area contributed by atoms with E-state index in [1.807, 2.05) is 12.2 Å². The topological polar surface area (TPSA) is 210 Å². The molecular weight excluding hydrogens is 827 g/mol. The Morgan fingerprint density at radius 3 is 1.40 bits per heavy atom. The van der Waals surface area contributed by atoms with E-state index in [4.69, 9.17) is 18.5 Å². The van der Waals surface area contributed by atoms with Gasteiger partial charge in [-0.05, 0) is 77.0 Å². The molecule has 1 saturated carbocycles. The molecule has 6 N–H and O–H groups in total. The van der Waals surface area contributed by atoms with Crippen LogP contribution >= 0.6 is 7.82 Å². The molecule has 0 amide bonds. The van der Waals surface area contributed by atoms with Crippen molar-refractivity contribution in [2.24, 2.45) is 0 Å². The second-order valence-corrected chi connectivity index (χ2v) is 18.0. The van der Waals surface area contributed by atoms with Crippen molar-refractivity contribution in [3.05, 3.63) is 60.8 Å². The van der Waals surface area contributed by atoms with Gasteiger partial charge in [-0.15, -0.1) is 0 Å². The van der Waals surface area contributed by atoms with Crippen LogP contribution in [0.3, 0.4) is 0 Å². The van der Waals surface area contributed by atoms with Crippen molar-refractivity contribution >= 4 is 19.8 Å². The lowest BCUT2D eigenvalue weighted by Crippen LogP contribution is -2.64. The summed E-state index contributed by atoms with van der Waals surface area (Å²) in [5.41, 5.74) is 0. The number of esters is 2. The molecule has 63 heavy (non-hydrogen) atoms. The standard InChI is InChI=1S/C49H85O13P/c1-3-5-7-9-11-13-15-17-19-21-23-25-27-29-31-33-35-37-42(50)59-39-41(40-60-63(57,58)62-49-47(55)45(53)44(52)46(54)48(49)56)61-43(51)38-36-34-32-30-28-26-24-22-20-18-16-14-12-10-8-6-4-2/h11,13,17-20,23,25,29,31,41,44-49,52-56H,3-10,12,14-16,21-22,24,26-28,30,32-40H2,1-2H3,(H,57,58). The molecule has 1 aliphatic carbocycles. The summed E-state index contributed by atoms with van der Waals surface area (Å²) >= 11 is 0. The van der Waals surface area contributed by atoms with Crippen LogP contribution in [0.2, 0.25) is 0 Å². The molecule has 0 aromatic rings. The monoisotopic (exact) mass is 913 g/mol. The minimum Gasteiger partial charge on any atom is -0.462 e. The SMILES string of the molecule is CCCCCC=CCC=CCC=CCC=CCCCC(=O)OCC(COP(=O)(O)OC1C(O)C(O)C(O)C(O)C1O)OC(=O)CCCCCCCCCC=CCCCCCCCC. The summed E-state index contributed by atoms with van der Waals surface area (Å²) in [5, 5.41) is 50.2. The zero-order valence-corrected chi connectivity index (χ0v) is 39.5. The van der Waals surface area contributed by atoms with Gasteiger partial charge in [0.2, 0.25) is 0 Å². The Balaban J connectivity index is 2.49. The van der Waals surface area contributed by atoms with E-state index in [9.17, 15) is 44.6 Å². The molecule has 1 fully saturated rings. The zero-order valence-electron chi connectivity index (χ0n) is 38.6. The normalized spacial score (nSPS) is 22.2. The van der Waals surface area contributed by atoms with Crippen LogP contribution in [0, 0.1) is 0 Å². The first-order valence-electron chi connectivity index (χ1n) is 24.1. The van der Waals surface area contributed by atoms with Gasteiger partial charge in [0, 0.05) is 12.8 Å². The molecule has 0 aliphatic heterocycles. The van der Waals surface area contributed by atoms with Gasteiger partial charge in [0.1, 0.15) is 43.2 Å². The molecule has 1 aliphatic rings. The summed E-state index contributed by atoms with van der Waals surface area (Å²) in [4.78, 5) is 35.7. The van der Waals surface area contributed by atoms with Crippen molar-refractivity contribution in [2.45, 2.75) is 224 Å². The Hall–Kier alpha value is -2.45. The molecule has 1 rings (SSSR count). The summed E-state index contributed by atoms with van der Waals surface area (Å²) in [6.07, 6.45) is 34.2. The van der Waals surface area contributed by atoms with Crippen LogP contribution in [-0.2, 0) is 32.7 Å². The van der Waals surface area contributed by atoms with Crippen molar-refractivity contribution in [3.8, 4) is 0 Å². The van der Waals surface area contributed by atoms with E-state index in [0.29, 0.717) is 19.3 Å². The van der Waals surface area contributed by atoms with E-state index in [-0.39, 0.29) is 12.8 Å². The Morgan fingerprint density at radius 1 is 0.492 bits per heavy atom. The van der Waals surface area contributed by atoms with E-state index in [1.54, 1.807) is 0 Å². The predicted molar refractivity (Wildman–Crippen MR) is 249 cm³/mol. The molecule has 364 valence electrons. The maximum atomic E-state index is 12.8. The number of allylic oxidation sites excluding steroid dienone is 10. The first-order chi connectivity index (χ1) is 30.4. The molecule has 13 nitrogen and oxygen atoms in total. The van der Waals surface area contributed by atoms with Crippen LogP contribution in [0.15, 0.2) is 60.8 Å². The Kier molecular flexibility index (Phi) is 36.1. The van der Waals surface area contributed by atoms with Gasteiger partial charge in [-0.25, -0.2) is 4.57 Å². The van der Waals surface area contributed by atoms with Crippen molar-refractivity contribution in [3.63, 3.8) is 0 Å². The van der Waals surface area contributed by atoms with Crippen molar-refractivity contribution in [2.75, 3.05) is 13.2 Å². The molecule has 0 bridgehead atoms. The molecule has 6 unspecified atom stereocenters. The third kappa shape index (κ3) is 31.2. The smallest absolute Gasteiger partial charge is 0.462 e. The number of carbonyl (C=O) groups excluding carboxylic acids is 2. The van der Waals surface area contributed by atoms with E-state index >= 15 is 0 Å². The third-order valence-electron chi connectivity index (χ3n) is 10.8. The van der Waals surface area contributed by atoms with Crippen LogP contribution < -0.4 is 0 Å². The van der Waals surface area contributed by atoms with Gasteiger partial charge in [-0.3, -0.25) is 18.6 Å². The van der Waals surface area contributed by atoms with Gasteiger partial charge >= 0.3 is 19.8 Å². The zero-order chi connectivity index (χ0) is 46.4. The van der Waals surface area contributed by atoms with Crippen LogP contribution in [0.25, 0.3) is 0 Å². The molecule has 6 atom stereocenters. The molecule has 14 heteroatoms. The number of phosphoric ester groups is 1. The van der Waals surface area contributed by atoms with E-state index < -0.39 is 75.7 Å². The number of aliphatic hydroxyl groups is 5. The lowest BCUT2D eigenvalue weighted by molar-refractivity contribution is -0.220. The number of carbonyl (C=O) groups is 2. The molecule has 0 aromatic heterocycles. The average molecular weight is 913 g/mol. The van der Waals surface area contributed by atoms with Crippen molar-refractivity contribution in [1.82, 2.24) is 0 Å². The van der Waals surface area contributed by atoms with Gasteiger partial charge in [0.05, 0.1) is 6.61 Å². The molecular formula is C49H85O13P. The van der Waals surface area contributed by atoms with Crippen molar-refractivity contribution < 1.29 is 63.1 Å². The number of hydrogen-bond donors (Lipinski definition) is 6.